The van der Waals surface area contributed by atoms with E-state index in [1.807, 2.05) is 6.07 Å². The summed E-state index contributed by atoms with van der Waals surface area (Å²) >= 11 is 0. The number of ether oxygens (including phenoxy) is 1. The third-order valence-corrected chi connectivity index (χ3v) is 6.50. The first-order valence-corrected chi connectivity index (χ1v) is 11.4. The van der Waals surface area contributed by atoms with E-state index in [-0.39, 0.29) is 0 Å². The highest BCUT2D eigenvalue weighted by Crippen LogP contribution is 2.34. The Morgan fingerprint density at radius 2 is 1.81 bits per heavy atom. The molecule has 3 nitrogen and oxygen atoms in total. The molecule has 27 heavy (non-hydrogen) atoms. The van der Waals surface area contributed by atoms with Gasteiger partial charge in [0.2, 0.25) is 0 Å². The first-order chi connectivity index (χ1) is 13.2. The van der Waals surface area contributed by atoms with Crippen molar-refractivity contribution in [3.63, 3.8) is 0 Å². The van der Waals surface area contributed by atoms with Crippen molar-refractivity contribution in [1.29, 1.82) is 0 Å². The van der Waals surface area contributed by atoms with Gasteiger partial charge in [-0.15, -0.1) is 0 Å². The molecule has 0 saturated heterocycles. The lowest BCUT2D eigenvalue weighted by Gasteiger charge is -2.36. The zero-order valence-electron chi connectivity index (χ0n) is 17.5. The number of phenolic OH excluding ortho intramolecular Hbond substituents is 1. The molecule has 3 rings (SSSR count). The fraction of sp³-hybridized carbons (Fsp3) is 0.750. The molecule has 0 unspecified atom stereocenters. The van der Waals surface area contributed by atoms with Gasteiger partial charge >= 0.3 is 0 Å². The van der Waals surface area contributed by atoms with Crippen LogP contribution in [0.1, 0.15) is 81.9 Å². The van der Waals surface area contributed by atoms with Crippen LogP contribution in [0.3, 0.4) is 0 Å². The molecule has 0 aromatic heterocycles. The van der Waals surface area contributed by atoms with E-state index in [2.05, 4.69) is 24.8 Å². The van der Waals surface area contributed by atoms with Crippen molar-refractivity contribution in [2.75, 3.05) is 19.7 Å². The summed E-state index contributed by atoms with van der Waals surface area (Å²) in [5.41, 5.74) is 4.10. The third kappa shape index (κ3) is 5.48. The summed E-state index contributed by atoms with van der Waals surface area (Å²) in [7, 11) is 0. The van der Waals surface area contributed by atoms with Gasteiger partial charge in [-0.3, -0.25) is 4.90 Å². The van der Waals surface area contributed by atoms with Gasteiger partial charge < -0.3 is 9.84 Å². The summed E-state index contributed by atoms with van der Waals surface area (Å²) in [5.74, 6) is 0.506. The van der Waals surface area contributed by atoms with Crippen LogP contribution in [0, 0.1) is 0 Å². The zero-order chi connectivity index (χ0) is 19.1. The average molecular weight is 374 g/mol. The van der Waals surface area contributed by atoms with Gasteiger partial charge in [0, 0.05) is 12.6 Å². The second kappa shape index (κ2) is 10.5. The van der Waals surface area contributed by atoms with Crippen LogP contribution in [0.5, 0.6) is 5.75 Å². The average Bonchev–Trinajstić information content (AvgIpc) is 2.70. The number of aromatic hydroxyl groups is 1. The fourth-order valence-corrected chi connectivity index (χ4v) is 5.06. The van der Waals surface area contributed by atoms with Crippen molar-refractivity contribution in [3.8, 4) is 5.75 Å². The molecule has 3 heteroatoms. The van der Waals surface area contributed by atoms with E-state index in [9.17, 15) is 5.11 Å². The molecule has 152 valence electrons. The minimum Gasteiger partial charge on any atom is -0.508 e. The van der Waals surface area contributed by atoms with Crippen LogP contribution in [0.2, 0.25) is 0 Å². The van der Waals surface area contributed by atoms with Gasteiger partial charge in [-0.1, -0.05) is 45.6 Å². The molecule has 0 spiro atoms. The highest BCUT2D eigenvalue weighted by atomic mass is 16.5. The second-order valence-electron chi connectivity index (χ2n) is 8.51. The van der Waals surface area contributed by atoms with Crippen molar-refractivity contribution in [3.05, 3.63) is 28.8 Å². The lowest BCUT2D eigenvalue weighted by atomic mass is 9.83. The molecule has 0 aliphatic heterocycles. The van der Waals surface area contributed by atoms with Gasteiger partial charge in [0.15, 0.2) is 0 Å². The Hall–Kier alpha value is -1.06. The standard InChI is InChI=1S/C24H39NO2/c1-3-8-19-11-14-24(26)22-13-12-20(18-23(19)22)25(15-4-2)16-17-27-21-9-6-5-7-10-21/h11,14,20-21,26H,3-10,12-13,15-18H2,1-2H3/t20-/m0/s1. The van der Waals surface area contributed by atoms with Crippen LogP contribution < -0.4 is 0 Å². The van der Waals surface area contributed by atoms with Gasteiger partial charge in [-0.05, 0) is 74.2 Å². The Balaban J connectivity index is 1.62. The highest BCUT2D eigenvalue weighted by molar-refractivity contribution is 5.46. The SMILES string of the molecule is CCCc1ccc(O)c2c1C[C@@H](N(CCC)CCOC1CCCCC1)CC2. The van der Waals surface area contributed by atoms with Crippen molar-refractivity contribution in [2.24, 2.45) is 0 Å². The summed E-state index contributed by atoms with van der Waals surface area (Å²) in [6, 6.07) is 4.65. The van der Waals surface area contributed by atoms with E-state index in [4.69, 9.17) is 4.74 Å². The number of hydrogen-bond donors (Lipinski definition) is 1. The Morgan fingerprint density at radius 3 is 2.56 bits per heavy atom. The number of rotatable bonds is 9. The largest absolute Gasteiger partial charge is 0.508 e. The Bertz CT molecular complexity index is 580. The van der Waals surface area contributed by atoms with Crippen LogP contribution in [0.25, 0.3) is 0 Å². The summed E-state index contributed by atoms with van der Waals surface area (Å²) < 4.78 is 6.22. The molecule has 0 heterocycles. The maximum Gasteiger partial charge on any atom is 0.119 e. The van der Waals surface area contributed by atoms with E-state index in [1.54, 1.807) is 0 Å². The van der Waals surface area contributed by atoms with E-state index >= 15 is 0 Å². The van der Waals surface area contributed by atoms with E-state index < -0.39 is 0 Å². The first-order valence-electron chi connectivity index (χ1n) is 11.4. The van der Waals surface area contributed by atoms with E-state index in [0.717, 1.165) is 51.8 Å². The summed E-state index contributed by atoms with van der Waals surface area (Å²) in [4.78, 5) is 2.66. The Morgan fingerprint density at radius 1 is 1.00 bits per heavy atom. The molecule has 1 fully saturated rings. The van der Waals surface area contributed by atoms with Crippen molar-refractivity contribution in [2.45, 2.75) is 96.6 Å². The van der Waals surface area contributed by atoms with Gasteiger partial charge in [-0.2, -0.15) is 0 Å². The topological polar surface area (TPSA) is 32.7 Å². The molecule has 0 amide bonds. The van der Waals surface area contributed by atoms with Crippen LogP contribution >= 0.6 is 0 Å². The fourth-order valence-electron chi connectivity index (χ4n) is 5.06. The van der Waals surface area contributed by atoms with Crippen LogP contribution in [-0.2, 0) is 24.0 Å². The lowest BCUT2D eigenvalue weighted by Crippen LogP contribution is -2.42. The van der Waals surface area contributed by atoms with Crippen LogP contribution in [0.4, 0.5) is 0 Å². The number of aryl methyl sites for hydroxylation is 1. The summed E-state index contributed by atoms with van der Waals surface area (Å²) in [6.07, 6.45) is 13.8. The maximum absolute atomic E-state index is 10.3. The predicted molar refractivity (Wildman–Crippen MR) is 113 cm³/mol. The number of phenols is 1. The van der Waals surface area contributed by atoms with Crippen LogP contribution in [0.15, 0.2) is 12.1 Å². The summed E-state index contributed by atoms with van der Waals surface area (Å²) in [6.45, 7) is 7.59. The van der Waals surface area contributed by atoms with Gasteiger partial charge in [0.1, 0.15) is 5.75 Å². The summed E-state index contributed by atoms with van der Waals surface area (Å²) in [5, 5.41) is 10.3. The molecule has 1 atom stereocenters. The van der Waals surface area contributed by atoms with Crippen molar-refractivity contribution in [1.82, 2.24) is 4.90 Å². The number of hydrogen-bond acceptors (Lipinski definition) is 3. The number of benzene rings is 1. The molecular weight excluding hydrogens is 334 g/mol. The molecule has 1 aromatic carbocycles. The van der Waals surface area contributed by atoms with Gasteiger partial charge in [-0.25, -0.2) is 0 Å². The molecule has 0 bridgehead atoms. The molecular formula is C24H39NO2. The van der Waals surface area contributed by atoms with E-state index in [0.29, 0.717) is 17.9 Å². The van der Waals surface area contributed by atoms with Crippen molar-refractivity contribution < 1.29 is 9.84 Å². The molecule has 2 aliphatic carbocycles. The monoisotopic (exact) mass is 373 g/mol. The minimum atomic E-state index is 0.502. The van der Waals surface area contributed by atoms with E-state index in [1.165, 1.54) is 55.2 Å². The van der Waals surface area contributed by atoms with Gasteiger partial charge in [0.05, 0.1) is 12.7 Å². The smallest absolute Gasteiger partial charge is 0.119 e. The lowest BCUT2D eigenvalue weighted by molar-refractivity contribution is 0.00910. The van der Waals surface area contributed by atoms with Crippen molar-refractivity contribution >= 4 is 0 Å². The molecule has 1 saturated carbocycles. The number of fused-ring (bicyclic) bond motifs is 1. The minimum absolute atomic E-state index is 0.502. The molecule has 1 N–H and O–H groups in total. The molecule has 0 radical (unpaired) electrons. The van der Waals surface area contributed by atoms with Gasteiger partial charge in [0.25, 0.3) is 0 Å². The normalized spacial score (nSPS) is 20.8. The Kier molecular flexibility index (Phi) is 8.02. The predicted octanol–water partition coefficient (Wildman–Crippen LogP) is 5.26. The highest BCUT2D eigenvalue weighted by Gasteiger charge is 2.27. The second-order valence-corrected chi connectivity index (χ2v) is 8.51. The first kappa shape index (κ1) is 20.7. The maximum atomic E-state index is 10.3. The molecule has 1 aromatic rings. The molecule has 2 aliphatic rings. The zero-order valence-corrected chi connectivity index (χ0v) is 17.5. The third-order valence-electron chi connectivity index (χ3n) is 6.50. The Labute approximate surface area is 166 Å². The van der Waals surface area contributed by atoms with Crippen LogP contribution in [-0.4, -0.2) is 41.8 Å². The quantitative estimate of drug-likeness (QED) is 0.640. The number of nitrogens with zero attached hydrogens (tertiary/aromatic N) is 1.